The lowest BCUT2D eigenvalue weighted by Gasteiger charge is -2.05. The third-order valence-electron chi connectivity index (χ3n) is 1.71. The molecule has 0 spiro atoms. The van der Waals surface area contributed by atoms with Gasteiger partial charge in [0.2, 0.25) is 11.8 Å². The molecule has 1 aromatic carbocycles. The van der Waals surface area contributed by atoms with Gasteiger partial charge in [0.25, 0.3) is 0 Å². The molecule has 0 unspecified atom stereocenters. The Labute approximate surface area is 106 Å². The van der Waals surface area contributed by atoms with Crippen LogP contribution < -0.4 is 10.5 Å². The minimum absolute atomic E-state index is 0.0810. The van der Waals surface area contributed by atoms with Crippen molar-refractivity contribution in [2.24, 2.45) is 0 Å². The van der Waals surface area contributed by atoms with Crippen molar-refractivity contribution in [2.75, 3.05) is 5.73 Å². The van der Waals surface area contributed by atoms with Crippen molar-refractivity contribution in [1.29, 1.82) is 0 Å². The van der Waals surface area contributed by atoms with Crippen molar-refractivity contribution >= 4 is 33.5 Å². The molecule has 0 aliphatic rings. The third kappa shape index (κ3) is 2.84. The molecule has 0 aliphatic carbocycles. The average Bonchev–Trinajstić information content (AvgIpc) is 2.15. The molecule has 82 valence electrons. The zero-order valence-electron chi connectivity index (χ0n) is 8.02. The highest BCUT2D eigenvalue weighted by molar-refractivity contribution is 9.10. The van der Waals surface area contributed by atoms with E-state index < -0.39 is 0 Å². The molecule has 0 amide bonds. The molecule has 4 nitrogen and oxygen atoms in total. The van der Waals surface area contributed by atoms with Gasteiger partial charge in [-0.15, -0.1) is 0 Å². The Balaban J connectivity index is 2.27. The summed E-state index contributed by atoms with van der Waals surface area (Å²) in [5, 5.41) is 0.248. The number of nitrogens with zero attached hydrogens (tertiary/aromatic N) is 2. The van der Waals surface area contributed by atoms with Crippen LogP contribution in [0, 0.1) is 0 Å². The maximum Gasteiger partial charge on any atom is 0.225 e. The molecule has 2 N–H and O–H groups in total. The third-order valence-corrected chi connectivity index (χ3v) is 2.39. The number of rotatable bonds is 2. The first kappa shape index (κ1) is 11.2. The number of nitrogens with two attached hydrogens (primary N) is 1. The van der Waals surface area contributed by atoms with Crippen LogP contribution in [0.3, 0.4) is 0 Å². The van der Waals surface area contributed by atoms with Gasteiger partial charge in [0.15, 0.2) is 0 Å². The van der Waals surface area contributed by atoms with E-state index in [1.807, 2.05) is 18.2 Å². The summed E-state index contributed by atoms with van der Waals surface area (Å²) in [5.74, 6) is 1.04. The van der Waals surface area contributed by atoms with Gasteiger partial charge in [-0.2, -0.15) is 4.98 Å². The van der Waals surface area contributed by atoms with E-state index in [2.05, 4.69) is 25.9 Å². The fourth-order valence-electron chi connectivity index (χ4n) is 1.12. The second-order valence-electron chi connectivity index (χ2n) is 2.95. The highest BCUT2D eigenvalue weighted by atomic mass is 79.9. The molecule has 0 bridgehead atoms. The molecule has 0 atom stereocenters. The quantitative estimate of drug-likeness (QED) is 0.865. The fraction of sp³-hybridized carbons (Fsp3) is 0. The van der Waals surface area contributed by atoms with Crippen LogP contribution in [0.4, 0.5) is 5.95 Å². The summed E-state index contributed by atoms with van der Waals surface area (Å²) in [6.45, 7) is 0. The number of aromatic nitrogens is 2. The second kappa shape index (κ2) is 4.67. The van der Waals surface area contributed by atoms with Crippen LogP contribution in [-0.4, -0.2) is 9.97 Å². The topological polar surface area (TPSA) is 61.0 Å². The molecule has 0 radical (unpaired) electrons. The summed E-state index contributed by atoms with van der Waals surface area (Å²) < 4.78 is 6.39. The van der Waals surface area contributed by atoms with E-state index in [1.165, 1.54) is 6.07 Å². The Morgan fingerprint density at radius 2 is 2.06 bits per heavy atom. The fourth-order valence-corrected chi connectivity index (χ4v) is 1.68. The monoisotopic (exact) mass is 299 g/mol. The van der Waals surface area contributed by atoms with Gasteiger partial charge in [-0.05, 0) is 18.2 Å². The van der Waals surface area contributed by atoms with Crippen LogP contribution in [0.1, 0.15) is 0 Å². The molecular formula is C10H7BrClN3O. The molecule has 0 saturated carbocycles. The number of nitrogen functional groups attached to an aromatic ring is 1. The Bertz CT molecular complexity index is 501. The number of hydrogen-bond donors (Lipinski definition) is 1. The van der Waals surface area contributed by atoms with Crippen molar-refractivity contribution < 1.29 is 4.74 Å². The van der Waals surface area contributed by atoms with E-state index in [1.54, 1.807) is 6.07 Å². The molecule has 0 saturated heterocycles. The van der Waals surface area contributed by atoms with Crippen LogP contribution in [0.15, 0.2) is 34.8 Å². The average molecular weight is 301 g/mol. The molecule has 6 heteroatoms. The maximum absolute atomic E-state index is 5.73. The minimum Gasteiger partial charge on any atom is -0.439 e. The van der Waals surface area contributed by atoms with E-state index in [-0.39, 0.29) is 11.1 Å². The highest BCUT2D eigenvalue weighted by Crippen LogP contribution is 2.24. The zero-order chi connectivity index (χ0) is 11.5. The van der Waals surface area contributed by atoms with Gasteiger partial charge in [0.1, 0.15) is 10.9 Å². The first-order chi connectivity index (χ1) is 7.63. The standard InChI is InChI=1S/C10H7BrClN3O/c11-6-2-1-3-7(4-6)16-9-5-8(12)14-10(13)15-9/h1-5H,(H2,13,14,15). The number of anilines is 1. The Hall–Kier alpha value is -1.33. The predicted molar refractivity (Wildman–Crippen MR) is 65.7 cm³/mol. The summed E-state index contributed by atoms with van der Waals surface area (Å²) in [5.41, 5.74) is 5.45. The van der Waals surface area contributed by atoms with E-state index in [4.69, 9.17) is 22.1 Å². The van der Waals surface area contributed by atoms with E-state index in [9.17, 15) is 0 Å². The lowest BCUT2D eigenvalue weighted by molar-refractivity contribution is 0.462. The summed E-state index contributed by atoms with van der Waals surface area (Å²) in [6.07, 6.45) is 0. The van der Waals surface area contributed by atoms with Crippen molar-refractivity contribution in [3.63, 3.8) is 0 Å². The summed E-state index contributed by atoms with van der Waals surface area (Å²) >= 11 is 9.07. The smallest absolute Gasteiger partial charge is 0.225 e. The normalized spacial score (nSPS) is 10.1. The van der Waals surface area contributed by atoms with E-state index in [0.717, 1.165) is 4.47 Å². The Kier molecular flexibility index (Phi) is 3.26. The van der Waals surface area contributed by atoms with Crippen molar-refractivity contribution in [3.8, 4) is 11.6 Å². The summed E-state index contributed by atoms with van der Waals surface area (Å²) in [4.78, 5) is 7.64. The Morgan fingerprint density at radius 3 is 2.75 bits per heavy atom. The molecule has 2 rings (SSSR count). The van der Waals surface area contributed by atoms with Gasteiger partial charge < -0.3 is 10.5 Å². The zero-order valence-corrected chi connectivity index (χ0v) is 10.4. The van der Waals surface area contributed by atoms with Crippen molar-refractivity contribution in [2.45, 2.75) is 0 Å². The van der Waals surface area contributed by atoms with Gasteiger partial charge in [-0.3, -0.25) is 0 Å². The number of hydrogen-bond acceptors (Lipinski definition) is 4. The van der Waals surface area contributed by atoms with Crippen molar-refractivity contribution in [3.05, 3.63) is 40.0 Å². The van der Waals surface area contributed by atoms with E-state index >= 15 is 0 Å². The predicted octanol–water partition coefficient (Wildman–Crippen LogP) is 3.27. The van der Waals surface area contributed by atoms with Crippen molar-refractivity contribution in [1.82, 2.24) is 9.97 Å². The molecule has 1 heterocycles. The lowest BCUT2D eigenvalue weighted by atomic mass is 10.3. The van der Waals surface area contributed by atoms with Gasteiger partial charge in [0, 0.05) is 10.5 Å². The highest BCUT2D eigenvalue weighted by Gasteiger charge is 2.03. The number of ether oxygens (including phenoxy) is 1. The van der Waals surface area contributed by atoms with Crippen LogP contribution in [0.2, 0.25) is 5.15 Å². The van der Waals surface area contributed by atoms with Gasteiger partial charge in [-0.25, -0.2) is 4.98 Å². The first-order valence-corrected chi connectivity index (χ1v) is 5.54. The number of benzene rings is 1. The Morgan fingerprint density at radius 1 is 1.25 bits per heavy atom. The SMILES string of the molecule is Nc1nc(Cl)cc(Oc2cccc(Br)c2)n1. The molecular weight excluding hydrogens is 293 g/mol. The second-order valence-corrected chi connectivity index (χ2v) is 4.25. The van der Waals surface area contributed by atoms with Gasteiger partial charge >= 0.3 is 0 Å². The largest absolute Gasteiger partial charge is 0.439 e. The van der Waals surface area contributed by atoms with Crippen LogP contribution in [-0.2, 0) is 0 Å². The van der Waals surface area contributed by atoms with Crippen LogP contribution in [0.5, 0.6) is 11.6 Å². The minimum atomic E-state index is 0.0810. The molecule has 0 aliphatic heterocycles. The summed E-state index contributed by atoms with van der Waals surface area (Å²) in [6, 6.07) is 8.86. The van der Waals surface area contributed by atoms with Crippen LogP contribution in [0.25, 0.3) is 0 Å². The molecule has 0 fully saturated rings. The molecule has 2 aromatic rings. The first-order valence-electron chi connectivity index (χ1n) is 4.37. The van der Waals surface area contributed by atoms with Gasteiger partial charge in [0.05, 0.1) is 0 Å². The molecule has 1 aromatic heterocycles. The van der Waals surface area contributed by atoms with E-state index in [0.29, 0.717) is 11.6 Å². The lowest BCUT2D eigenvalue weighted by Crippen LogP contribution is -1.97. The maximum atomic E-state index is 5.73. The van der Waals surface area contributed by atoms with Crippen LogP contribution >= 0.6 is 27.5 Å². The van der Waals surface area contributed by atoms with Gasteiger partial charge in [-0.1, -0.05) is 33.6 Å². The molecule has 16 heavy (non-hydrogen) atoms. The summed E-state index contributed by atoms with van der Waals surface area (Å²) in [7, 11) is 0. The number of halogens is 2.